The first-order valence-corrected chi connectivity index (χ1v) is 5.92. The number of nitrogens with one attached hydrogen (secondary N) is 3. The fourth-order valence-corrected chi connectivity index (χ4v) is 1.65. The van der Waals surface area contributed by atoms with Gasteiger partial charge in [-0.3, -0.25) is 14.4 Å². The second-order valence-electron chi connectivity index (χ2n) is 4.15. The van der Waals surface area contributed by atoms with E-state index in [4.69, 9.17) is 0 Å². The first kappa shape index (κ1) is 13.5. The minimum Gasteiger partial charge on any atom is -0.357 e. The Labute approximate surface area is 114 Å². The summed E-state index contributed by atoms with van der Waals surface area (Å²) >= 11 is 0. The van der Waals surface area contributed by atoms with Crippen molar-refractivity contribution in [2.24, 2.45) is 0 Å². The lowest BCUT2D eigenvalue weighted by Gasteiger charge is -2.07. The average Bonchev–Trinajstić information content (AvgIpc) is 2.38. The zero-order valence-electron chi connectivity index (χ0n) is 10.8. The molecule has 6 heteroatoms. The van der Waals surface area contributed by atoms with Crippen LogP contribution in [0.1, 0.15) is 17.4 Å². The molecule has 0 unspecified atom stereocenters. The molecule has 3 N–H and O–H groups in total. The summed E-state index contributed by atoms with van der Waals surface area (Å²) in [6.45, 7) is 1.40. The zero-order valence-corrected chi connectivity index (χ0v) is 10.8. The molecule has 0 aliphatic rings. The molecule has 102 valence electrons. The fraction of sp³-hybridized carbons (Fsp3) is 0.0714. The molecular formula is C14H13N3O3. The van der Waals surface area contributed by atoms with E-state index in [1.54, 1.807) is 24.3 Å². The van der Waals surface area contributed by atoms with Gasteiger partial charge < -0.3 is 15.6 Å². The van der Waals surface area contributed by atoms with Crippen molar-refractivity contribution in [3.05, 3.63) is 58.5 Å². The van der Waals surface area contributed by atoms with Crippen molar-refractivity contribution in [2.75, 3.05) is 10.6 Å². The molecule has 0 saturated heterocycles. The molecule has 0 saturated carbocycles. The van der Waals surface area contributed by atoms with Gasteiger partial charge in [0.25, 0.3) is 5.91 Å². The highest BCUT2D eigenvalue weighted by molar-refractivity contribution is 6.03. The summed E-state index contributed by atoms with van der Waals surface area (Å²) in [7, 11) is 0. The first-order valence-electron chi connectivity index (χ1n) is 5.92. The Morgan fingerprint density at radius 2 is 1.75 bits per heavy atom. The Bertz CT molecular complexity index is 707. The van der Waals surface area contributed by atoms with Crippen LogP contribution in [0.15, 0.2) is 47.4 Å². The van der Waals surface area contributed by atoms with Crippen LogP contribution in [0.3, 0.4) is 0 Å². The third-order valence-electron chi connectivity index (χ3n) is 2.46. The third-order valence-corrected chi connectivity index (χ3v) is 2.46. The number of carbonyl (C=O) groups is 2. The van der Waals surface area contributed by atoms with E-state index in [0.29, 0.717) is 11.4 Å². The maximum atomic E-state index is 11.9. The lowest BCUT2D eigenvalue weighted by atomic mass is 10.2. The number of pyridine rings is 1. The van der Waals surface area contributed by atoms with Crippen LogP contribution in [0.25, 0.3) is 0 Å². The molecule has 0 spiro atoms. The monoisotopic (exact) mass is 271 g/mol. The molecular weight excluding hydrogens is 258 g/mol. The smallest absolute Gasteiger partial charge is 0.272 e. The summed E-state index contributed by atoms with van der Waals surface area (Å²) in [6, 6.07) is 9.27. The molecule has 2 amide bonds. The highest BCUT2D eigenvalue weighted by Gasteiger charge is 2.07. The summed E-state index contributed by atoms with van der Waals surface area (Å²) < 4.78 is 0. The Balaban J connectivity index is 2.15. The topological polar surface area (TPSA) is 91.1 Å². The quantitative estimate of drug-likeness (QED) is 0.791. The van der Waals surface area contributed by atoms with Crippen LogP contribution in [-0.2, 0) is 4.79 Å². The van der Waals surface area contributed by atoms with Gasteiger partial charge >= 0.3 is 0 Å². The molecule has 0 bridgehead atoms. The number of carbonyl (C=O) groups excluding carboxylic acids is 2. The van der Waals surface area contributed by atoms with Crippen molar-refractivity contribution in [1.29, 1.82) is 0 Å². The van der Waals surface area contributed by atoms with Gasteiger partial charge in [-0.1, -0.05) is 6.07 Å². The van der Waals surface area contributed by atoms with Gasteiger partial charge in [-0.15, -0.1) is 0 Å². The van der Waals surface area contributed by atoms with E-state index in [1.807, 2.05) is 0 Å². The Kier molecular flexibility index (Phi) is 3.95. The summed E-state index contributed by atoms with van der Waals surface area (Å²) in [6.07, 6.45) is 1.41. The molecule has 1 aromatic carbocycles. The molecule has 6 nitrogen and oxygen atoms in total. The number of H-pyrrole nitrogens is 1. The van der Waals surface area contributed by atoms with Crippen LogP contribution in [0, 0.1) is 0 Å². The number of hydrogen-bond donors (Lipinski definition) is 3. The van der Waals surface area contributed by atoms with E-state index in [-0.39, 0.29) is 17.0 Å². The third kappa shape index (κ3) is 3.55. The molecule has 0 aliphatic heterocycles. The van der Waals surface area contributed by atoms with E-state index in [1.165, 1.54) is 25.3 Å². The summed E-state index contributed by atoms with van der Waals surface area (Å²) in [5, 5.41) is 5.26. The molecule has 0 atom stereocenters. The van der Waals surface area contributed by atoms with E-state index >= 15 is 0 Å². The van der Waals surface area contributed by atoms with Crippen LogP contribution in [0.4, 0.5) is 11.4 Å². The molecule has 0 radical (unpaired) electrons. The highest BCUT2D eigenvalue weighted by atomic mass is 16.2. The molecule has 1 heterocycles. The maximum Gasteiger partial charge on any atom is 0.272 e. The van der Waals surface area contributed by atoms with Crippen molar-refractivity contribution in [2.45, 2.75) is 6.92 Å². The second-order valence-corrected chi connectivity index (χ2v) is 4.15. The number of benzene rings is 1. The van der Waals surface area contributed by atoms with Crippen molar-refractivity contribution < 1.29 is 9.59 Å². The van der Waals surface area contributed by atoms with Gasteiger partial charge in [0.05, 0.1) is 0 Å². The molecule has 1 aromatic heterocycles. The Hall–Kier alpha value is -2.89. The molecule has 0 aliphatic carbocycles. The van der Waals surface area contributed by atoms with Crippen LogP contribution in [0.2, 0.25) is 0 Å². The van der Waals surface area contributed by atoms with E-state index in [9.17, 15) is 14.4 Å². The number of amides is 2. The SMILES string of the molecule is CC(=O)Nc1cccc(NC(=O)c2cc(=O)cc[nH]2)c1. The predicted octanol–water partition coefficient (Wildman–Crippen LogP) is 1.59. The van der Waals surface area contributed by atoms with Crippen molar-refractivity contribution >= 4 is 23.2 Å². The van der Waals surface area contributed by atoms with Gasteiger partial charge in [-0.25, -0.2) is 0 Å². The van der Waals surface area contributed by atoms with Crippen molar-refractivity contribution in [3.63, 3.8) is 0 Å². The summed E-state index contributed by atoms with van der Waals surface area (Å²) in [5.74, 6) is -0.622. The Morgan fingerprint density at radius 1 is 1.05 bits per heavy atom. The fourth-order valence-electron chi connectivity index (χ4n) is 1.65. The largest absolute Gasteiger partial charge is 0.357 e. The predicted molar refractivity (Wildman–Crippen MR) is 75.8 cm³/mol. The molecule has 2 rings (SSSR count). The van der Waals surface area contributed by atoms with Crippen molar-refractivity contribution in [3.8, 4) is 0 Å². The van der Waals surface area contributed by atoms with Crippen LogP contribution >= 0.6 is 0 Å². The summed E-state index contributed by atoms with van der Waals surface area (Å²) in [5.41, 5.74) is 1.02. The lowest BCUT2D eigenvalue weighted by molar-refractivity contribution is -0.114. The number of hydrogen-bond acceptors (Lipinski definition) is 3. The maximum absolute atomic E-state index is 11.9. The van der Waals surface area contributed by atoms with Gasteiger partial charge in [-0.05, 0) is 18.2 Å². The summed E-state index contributed by atoms with van der Waals surface area (Å²) in [4.78, 5) is 36.8. The van der Waals surface area contributed by atoms with Gasteiger partial charge in [0.1, 0.15) is 5.69 Å². The highest BCUT2D eigenvalue weighted by Crippen LogP contribution is 2.15. The Morgan fingerprint density at radius 3 is 2.40 bits per heavy atom. The van der Waals surface area contributed by atoms with Crippen LogP contribution in [0.5, 0.6) is 0 Å². The van der Waals surface area contributed by atoms with E-state index < -0.39 is 5.91 Å². The molecule has 2 aromatic rings. The lowest BCUT2D eigenvalue weighted by Crippen LogP contribution is -2.16. The van der Waals surface area contributed by atoms with Gasteiger partial charge in [-0.2, -0.15) is 0 Å². The molecule has 20 heavy (non-hydrogen) atoms. The van der Waals surface area contributed by atoms with Gasteiger partial charge in [0.15, 0.2) is 5.43 Å². The first-order chi connectivity index (χ1) is 9.54. The average molecular weight is 271 g/mol. The van der Waals surface area contributed by atoms with Gasteiger partial charge in [0.2, 0.25) is 5.91 Å². The molecule has 0 fully saturated rings. The zero-order chi connectivity index (χ0) is 14.5. The van der Waals surface area contributed by atoms with Gasteiger partial charge in [0, 0.05) is 36.6 Å². The van der Waals surface area contributed by atoms with Crippen LogP contribution in [-0.4, -0.2) is 16.8 Å². The second kappa shape index (κ2) is 5.83. The number of aromatic amines is 1. The van der Waals surface area contributed by atoms with E-state index in [2.05, 4.69) is 15.6 Å². The standard InChI is InChI=1S/C14H13N3O3/c1-9(18)16-10-3-2-4-11(7-10)17-14(20)13-8-12(19)5-6-15-13/h2-8H,1H3,(H,15,19)(H,16,18)(H,17,20). The van der Waals surface area contributed by atoms with Crippen LogP contribution < -0.4 is 16.1 Å². The number of aromatic nitrogens is 1. The minimum atomic E-state index is -0.428. The van der Waals surface area contributed by atoms with Crippen molar-refractivity contribution in [1.82, 2.24) is 4.98 Å². The number of rotatable bonds is 3. The normalized spacial score (nSPS) is 9.85. The number of anilines is 2. The minimum absolute atomic E-state index is 0.169. The van der Waals surface area contributed by atoms with E-state index in [0.717, 1.165) is 0 Å².